The molecule has 5 heteroatoms. The van der Waals surface area contributed by atoms with Crippen molar-refractivity contribution in [1.29, 1.82) is 0 Å². The summed E-state index contributed by atoms with van der Waals surface area (Å²) in [5, 5.41) is 3.33. The fourth-order valence-corrected chi connectivity index (χ4v) is 2.77. The maximum Gasteiger partial charge on any atom is 0.401 e. The molecule has 1 saturated carbocycles. The summed E-state index contributed by atoms with van der Waals surface area (Å²) >= 11 is 0. The summed E-state index contributed by atoms with van der Waals surface area (Å²) in [5.41, 5.74) is 0. The van der Waals surface area contributed by atoms with Gasteiger partial charge in [0.1, 0.15) is 0 Å². The molecular weight excluding hydrogens is 205 g/mol. The van der Waals surface area contributed by atoms with Gasteiger partial charge in [0.25, 0.3) is 0 Å². The van der Waals surface area contributed by atoms with E-state index in [0.717, 1.165) is 25.7 Å². The standard InChI is InChI=1S/C10H17F3N2/c11-10(12,13)7-15-6-5-14-8-3-1-2-4-9(8)15/h8-9,14H,1-7H2/t8-,9+/m1/s1. The molecule has 0 bridgehead atoms. The van der Waals surface area contributed by atoms with Crippen LogP contribution in [0, 0.1) is 0 Å². The number of hydrogen-bond donors (Lipinski definition) is 1. The minimum Gasteiger partial charge on any atom is -0.311 e. The minimum absolute atomic E-state index is 0.106. The number of hydrogen-bond acceptors (Lipinski definition) is 2. The lowest BCUT2D eigenvalue weighted by Gasteiger charge is -2.44. The van der Waals surface area contributed by atoms with Crippen LogP contribution in [-0.4, -0.2) is 42.8 Å². The van der Waals surface area contributed by atoms with Gasteiger partial charge in [-0.2, -0.15) is 13.2 Å². The van der Waals surface area contributed by atoms with Crippen LogP contribution in [0.15, 0.2) is 0 Å². The summed E-state index contributed by atoms with van der Waals surface area (Å²) < 4.78 is 37.0. The molecule has 2 fully saturated rings. The average Bonchev–Trinajstić information content (AvgIpc) is 2.16. The van der Waals surface area contributed by atoms with Crippen molar-refractivity contribution in [1.82, 2.24) is 10.2 Å². The molecule has 88 valence electrons. The van der Waals surface area contributed by atoms with E-state index < -0.39 is 12.7 Å². The van der Waals surface area contributed by atoms with E-state index >= 15 is 0 Å². The number of fused-ring (bicyclic) bond motifs is 1. The van der Waals surface area contributed by atoms with Gasteiger partial charge in [0.15, 0.2) is 0 Å². The minimum atomic E-state index is -4.06. The van der Waals surface area contributed by atoms with Crippen molar-refractivity contribution in [2.75, 3.05) is 19.6 Å². The molecule has 0 spiro atoms. The molecule has 1 N–H and O–H groups in total. The monoisotopic (exact) mass is 222 g/mol. The Morgan fingerprint density at radius 2 is 1.93 bits per heavy atom. The van der Waals surface area contributed by atoms with Crippen molar-refractivity contribution in [2.24, 2.45) is 0 Å². The van der Waals surface area contributed by atoms with E-state index in [1.54, 1.807) is 4.90 Å². The lowest BCUT2D eigenvalue weighted by molar-refractivity contribution is -0.156. The predicted molar refractivity (Wildman–Crippen MR) is 51.7 cm³/mol. The van der Waals surface area contributed by atoms with Crippen LogP contribution in [0.4, 0.5) is 13.2 Å². The second-order valence-electron chi connectivity index (χ2n) is 4.50. The van der Waals surface area contributed by atoms with Gasteiger partial charge in [-0.1, -0.05) is 12.8 Å². The molecule has 0 radical (unpaired) electrons. The third-order valence-corrected chi connectivity index (χ3v) is 3.39. The number of alkyl halides is 3. The van der Waals surface area contributed by atoms with E-state index in [4.69, 9.17) is 0 Å². The highest BCUT2D eigenvalue weighted by Crippen LogP contribution is 2.28. The van der Waals surface area contributed by atoms with Crippen molar-refractivity contribution in [3.8, 4) is 0 Å². The highest BCUT2D eigenvalue weighted by molar-refractivity contribution is 4.92. The van der Waals surface area contributed by atoms with E-state index in [1.165, 1.54) is 0 Å². The molecule has 1 saturated heterocycles. The third kappa shape index (κ3) is 2.84. The molecule has 2 rings (SSSR count). The van der Waals surface area contributed by atoms with Crippen molar-refractivity contribution in [3.05, 3.63) is 0 Å². The Kier molecular flexibility index (Phi) is 3.21. The van der Waals surface area contributed by atoms with Gasteiger partial charge in [-0.3, -0.25) is 4.90 Å². The van der Waals surface area contributed by atoms with Gasteiger partial charge in [-0.15, -0.1) is 0 Å². The fourth-order valence-electron chi connectivity index (χ4n) is 2.77. The molecular formula is C10H17F3N2. The average molecular weight is 222 g/mol. The molecule has 0 aromatic rings. The van der Waals surface area contributed by atoms with Crippen LogP contribution >= 0.6 is 0 Å². The molecule has 0 aromatic heterocycles. The molecule has 1 aliphatic heterocycles. The Hall–Kier alpha value is -0.290. The van der Waals surface area contributed by atoms with E-state index in [-0.39, 0.29) is 12.1 Å². The normalized spacial score (nSPS) is 33.8. The number of nitrogens with zero attached hydrogens (tertiary/aromatic N) is 1. The second-order valence-corrected chi connectivity index (χ2v) is 4.50. The van der Waals surface area contributed by atoms with Gasteiger partial charge in [-0.05, 0) is 12.8 Å². The van der Waals surface area contributed by atoms with Crippen LogP contribution in [0.1, 0.15) is 25.7 Å². The summed E-state index contributed by atoms with van der Waals surface area (Å²) in [6.45, 7) is 0.480. The van der Waals surface area contributed by atoms with Crippen LogP contribution in [0.3, 0.4) is 0 Å². The molecule has 2 atom stereocenters. The first-order valence-electron chi connectivity index (χ1n) is 5.60. The first-order chi connectivity index (χ1) is 7.06. The van der Waals surface area contributed by atoms with E-state index in [0.29, 0.717) is 13.1 Å². The zero-order valence-electron chi connectivity index (χ0n) is 8.69. The van der Waals surface area contributed by atoms with Crippen LogP contribution in [0.5, 0.6) is 0 Å². The lowest BCUT2D eigenvalue weighted by Crippen LogP contribution is -2.60. The molecule has 0 unspecified atom stereocenters. The summed E-state index contributed by atoms with van der Waals surface area (Å²) in [7, 11) is 0. The summed E-state index contributed by atoms with van der Waals surface area (Å²) in [5.74, 6) is 0. The number of halogens is 3. The van der Waals surface area contributed by atoms with Gasteiger partial charge < -0.3 is 5.32 Å². The Labute approximate surface area is 87.8 Å². The zero-order valence-corrected chi connectivity index (χ0v) is 8.69. The fraction of sp³-hybridized carbons (Fsp3) is 1.00. The molecule has 2 aliphatic rings. The Morgan fingerprint density at radius 3 is 2.67 bits per heavy atom. The summed E-state index contributed by atoms with van der Waals surface area (Å²) in [4.78, 5) is 1.61. The number of rotatable bonds is 1. The van der Waals surface area contributed by atoms with Gasteiger partial charge >= 0.3 is 6.18 Å². The molecule has 15 heavy (non-hydrogen) atoms. The first kappa shape index (κ1) is 11.2. The van der Waals surface area contributed by atoms with Crippen LogP contribution in [0.25, 0.3) is 0 Å². The smallest absolute Gasteiger partial charge is 0.311 e. The Bertz CT molecular complexity index is 215. The first-order valence-corrected chi connectivity index (χ1v) is 5.60. The number of nitrogens with one attached hydrogen (secondary N) is 1. The van der Waals surface area contributed by atoms with Crippen LogP contribution < -0.4 is 5.32 Å². The maximum atomic E-state index is 12.3. The van der Waals surface area contributed by atoms with Crippen molar-refractivity contribution < 1.29 is 13.2 Å². The zero-order chi connectivity index (χ0) is 10.9. The summed E-state index contributed by atoms with van der Waals surface area (Å²) in [6, 6.07) is 0.393. The largest absolute Gasteiger partial charge is 0.401 e. The SMILES string of the molecule is FC(F)(F)CN1CCN[C@@H]2CCCC[C@@H]21. The van der Waals surface area contributed by atoms with E-state index in [9.17, 15) is 13.2 Å². The molecule has 0 amide bonds. The molecule has 2 nitrogen and oxygen atoms in total. The highest BCUT2D eigenvalue weighted by atomic mass is 19.4. The molecule has 1 aliphatic carbocycles. The highest BCUT2D eigenvalue weighted by Gasteiger charge is 2.39. The van der Waals surface area contributed by atoms with Gasteiger partial charge in [-0.25, -0.2) is 0 Å². The van der Waals surface area contributed by atoms with Crippen molar-refractivity contribution in [3.63, 3.8) is 0 Å². The van der Waals surface area contributed by atoms with E-state index in [1.807, 2.05) is 0 Å². The third-order valence-electron chi connectivity index (χ3n) is 3.39. The topological polar surface area (TPSA) is 15.3 Å². The van der Waals surface area contributed by atoms with E-state index in [2.05, 4.69) is 5.32 Å². The predicted octanol–water partition coefficient (Wildman–Crippen LogP) is 1.77. The Morgan fingerprint density at radius 1 is 1.20 bits per heavy atom. The van der Waals surface area contributed by atoms with Gasteiger partial charge in [0, 0.05) is 25.2 Å². The lowest BCUT2D eigenvalue weighted by atomic mass is 9.87. The van der Waals surface area contributed by atoms with Crippen LogP contribution in [-0.2, 0) is 0 Å². The second kappa shape index (κ2) is 4.29. The quantitative estimate of drug-likeness (QED) is 0.727. The number of piperazine rings is 1. The maximum absolute atomic E-state index is 12.3. The van der Waals surface area contributed by atoms with Crippen molar-refractivity contribution in [2.45, 2.75) is 43.9 Å². The van der Waals surface area contributed by atoms with Gasteiger partial charge in [0.2, 0.25) is 0 Å². The van der Waals surface area contributed by atoms with Crippen molar-refractivity contribution >= 4 is 0 Å². The molecule has 1 heterocycles. The van der Waals surface area contributed by atoms with Crippen LogP contribution in [0.2, 0.25) is 0 Å². The Balaban J connectivity index is 1.97. The summed E-state index contributed by atoms with van der Waals surface area (Å²) in [6.07, 6.45) is 0.0946. The molecule has 0 aromatic carbocycles. The van der Waals surface area contributed by atoms with Gasteiger partial charge in [0.05, 0.1) is 6.54 Å².